The van der Waals surface area contributed by atoms with Crippen LogP contribution in [0.4, 0.5) is 0 Å². The molecule has 0 N–H and O–H groups in total. The molecule has 0 saturated carbocycles. The van der Waals surface area contributed by atoms with E-state index in [4.69, 9.17) is 0 Å². The van der Waals surface area contributed by atoms with Crippen molar-refractivity contribution in [3.05, 3.63) is 25.3 Å². The van der Waals surface area contributed by atoms with Crippen LogP contribution in [0.25, 0.3) is 0 Å². The minimum absolute atomic E-state index is 0. The summed E-state index contributed by atoms with van der Waals surface area (Å²) in [4.78, 5) is 0. The van der Waals surface area contributed by atoms with Gasteiger partial charge < -0.3 is 2.85 Å². The third-order valence-corrected chi connectivity index (χ3v) is 4.46. The van der Waals surface area contributed by atoms with Gasteiger partial charge in [-0.15, -0.1) is 13.2 Å². The van der Waals surface area contributed by atoms with Crippen LogP contribution >= 0.6 is 0 Å². The number of allylic oxidation sites excluding steroid dienone is 2. The van der Waals surface area contributed by atoms with E-state index in [0.29, 0.717) is 0 Å². The standard InChI is InChI=1S/C20H38.2Li.2H/c1-5-9-11-13-17-19(15-7-3)20(16-8-4)18-14-12-10-6-2;;;;/h7-8,19-20H,3-6,9-18H2,1-2H3;;;;/q;2*+1;2*-1. The van der Waals surface area contributed by atoms with Crippen molar-refractivity contribution in [2.45, 2.75) is 90.9 Å². The molecule has 2 unspecified atom stereocenters. The monoisotopic (exact) mass is 294 g/mol. The summed E-state index contributed by atoms with van der Waals surface area (Å²) in [6.45, 7) is 12.5. The second kappa shape index (κ2) is 21.7. The third kappa shape index (κ3) is 15.6. The van der Waals surface area contributed by atoms with Crippen LogP contribution in [0.1, 0.15) is 93.8 Å². The molecule has 0 amide bonds. The smallest absolute Gasteiger partial charge is 1.00 e. The fourth-order valence-electron chi connectivity index (χ4n) is 3.19. The summed E-state index contributed by atoms with van der Waals surface area (Å²) in [5.41, 5.74) is 0. The van der Waals surface area contributed by atoms with Gasteiger partial charge in [-0.1, -0.05) is 77.4 Å². The van der Waals surface area contributed by atoms with Gasteiger partial charge in [-0.05, 0) is 37.5 Å². The number of hydrogen-bond donors (Lipinski definition) is 0. The first-order valence-electron chi connectivity index (χ1n) is 9.01. The maximum absolute atomic E-state index is 3.97. The van der Waals surface area contributed by atoms with E-state index in [1.165, 1.54) is 77.0 Å². The zero-order valence-corrected chi connectivity index (χ0v) is 16.2. The van der Waals surface area contributed by atoms with E-state index in [1.54, 1.807) is 0 Å². The molecular formula is C20H40Li2. The van der Waals surface area contributed by atoms with Crippen molar-refractivity contribution in [3.8, 4) is 0 Å². The average Bonchev–Trinajstić information content (AvgIpc) is 2.46. The predicted molar refractivity (Wildman–Crippen MR) is 96.4 cm³/mol. The average molecular weight is 294 g/mol. The topological polar surface area (TPSA) is 0 Å². The van der Waals surface area contributed by atoms with Crippen LogP contribution in [0.5, 0.6) is 0 Å². The Morgan fingerprint density at radius 2 is 1.05 bits per heavy atom. The van der Waals surface area contributed by atoms with E-state index >= 15 is 0 Å². The fraction of sp³-hybridized carbons (Fsp3) is 0.800. The van der Waals surface area contributed by atoms with Crippen molar-refractivity contribution in [3.63, 3.8) is 0 Å². The van der Waals surface area contributed by atoms with Gasteiger partial charge in [0.15, 0.2) is 0 Å². The van der Waals surface area contributed by atoms with Crippen LogP contribution in [0.3, 0.4) is 0 Å². The molecule has 0 aromatic rings. The van der Waals surface area contributed by atoms with E-state index in [-0.39, 0.29) is 40.6 Å². The Balaban J connectivity index is -0.000000301. The summed E-state index contributed by atoms with van der Waals surface area (Å²) in [6, 6.07) is 0. The van der Waals surface area contributed by atoms with Gasteiger partial charge in [-0.2, -0.15) is 0 Å². The molecule has 0 radical (unpaired) electrons. The van der Waals surface area contributed by atoms with Gasteiger partial charge in [0, 0.05) is 0 Å². The summed E-state index contributed by atoms with van der Waals surface area (Å²) in [6.07, 6.45) is 20.5. The van der Waals surface area contributed by atoms with Gasteiger partial charge in [0.2, 0.25) is 0 Å². The zero-order chi connectivity index (χ0) is 15.1. The molecule has 0 aromatic carbocycles. The van der Waals surface area contributed by atoms with Crippen LogP contribution in [-0.2, 0) is 0 Å². The van der Waals surface area contributed by atoms with E-state index in [0.717, 1.165) is 11.8 Å². The molecule has 0 aliphatic heterocycles. The first kappa shape index (κ1) is 27.5. The molecule has 0 aliphatic rings. The molecule has 22 heavy (non-hydrogen) atoms. The summed E-state index contributed by atoms with van der Waals surface area (Å²) >= 11 is 0. The normalized spacial score (nSPS) is 12.6. The number of rotatable bonds is 15. The molecule has 0 nitrogen and oxygen atoms in total. The minimum atomic E-state index is 0. The molecule has 0 bridgehead atoms. The largest absolute Gasteiger partial charge is 1.00 e. The molecule has 0 saturated heterocycles. The molecule has 0 fully saturated rings. The van der Waals surface area contributed by atoms with E-state index in [1.807, 2.05) is 0 Å². The molecular weight excluding hydrogens is 254 g/mol. The van der Waals surface area contributed by atoms with Crippen LogP contribution in [0.2, 0.25) is 0 Å². The predicted octanol–water partition coefficient (Wildman–Crippen LogP) is 1.54. The van der Waals surface area contributed by atoms with Crippen molar-refractivity contribution < 1.29 is 40.6 Å². The van der Waals surface area contributed by atoms with Gasteiger partial charge in [0.25, 0.3) is 0 Å². The first-order valence-corrected chi connectivity index (χ1v) is 9.01. The van der Waals surface area contributed by atoms with Crippen LogP contribution in [0.15, 0.2) is 25.3 Å². The molecule has 122 valence electrons. The number of hydrogen-bond acceptors (Lipinski definition) is 0. The molecule has 2 heteroatoms. The Morgan fingerprint density at radius 3 is 1.32 bits per heavy atom. The van der Waals surface area contributed by atoms with E-state index in [2.05, 4.69) is 39.2 Å². The van der Waals surface area contributed by atoms with Gasteiger partial charge in [-0.3, -0.25) is 0 Å². The molecule has 0 heterocycles. The van der Waals surface area contributed by atoms with Crippen molar-refractivity contribution in [1.29, 1.82) is 0 Å². The zero-order valence-electron chi connectivity index (χ0n) is 18.2. The number of unbranched alkanes of at least 4 members (excludes halogenated alkanes) is 6. The Hall–Kier alpha value is 0.675. The molecule has 2 atom stereocenters. The Kier molecular flexibility index (Phi) is 27.1. The first-order chi connectivity index (χ1) is 9.79. The molecule has 0 aliphatic carbocycles. The third-order valence-electron chi connectivity index (χ3n) is 4.46. The van der Waals surface area contributed by atoms with Crippen molar-refractivity contribution in [2.75, 3.05) is 0 Å². The summed E-state index contributed by atoms with van der Waals surface area (Å²) < 4.78 is 0. The van der Waals surface area contributed by atoms with Crippen LogP contribution < -0.4 is 37.7 Å². The van der Waals surface area contributed by atoms with Crippen molar-refractivity contribution >= 4 is 0 Å². The molecule has 0 aromatic heterocycles. The van der Waals surface area contributed by atoms with Gasteiger partial charge >= 0.3 is 37.7 Å². The summed E-state index contributed by atoms with van der Waals surface area (Å²) in [5.74, 6) is 1.67. The summed E-state index contributed by atoms with van der Waals surface area (Å²) in [5, 5.41) is 0. The fourth-order valence-corrected chi connectivity index (χ4v) is 3.19. The van der Waals surface area contributed by atoms with Crippen LogP contribution in [0, 0.1) is 11.8 Å². The van der Waals surface area contributed by atoms with Gasteiger partial charge in [0.1, 0.15) is 0 Å². The quantitative estimate of drug-likeness (QED) is 0.244. The van der Waals surface area contributed by atoms with Crippen LogP contribution in [-0.4, -0.2) is 0 Å². The second-order valence-corrected chi connectivity index (χ2v) is 6.27. The SMILES string of the molecule is C=CCC(CCCCCC)C(CC=C)CCCCCC.[H-].[H-].[Li+].[Li+]. The Bertz CT molecular complexity index is 212. The van der Waals surface area contributed by atoms with E-state index < -0.39 is 0 Å². The van der Waals surface area contributed by atoms with E-state index in [9.17, 15) is 0 Å². The van der Waals surface area contributed by atoms with Gasteiger partial charge in [-0.25, -0.2) is 0 Å². The van der Waals surface area contributed by atoms with Crippen molar-refractivity contribution in [2.24, 2.45) is 11.8 Å². The second-order valence-electron chi connectivity index (χ2n) is 6.27. The summed E-state index contributed by atoms with van der Waals surface area (Å²) in [7, 11) is 0. The Morgan fingerprint density at radius 1 is 0.682 bits per heavy atom. The molecule has 0 spiro atoms. The van der Waals surface area contributed by atoms with Gasteiger partial charge in [0.05, 0.1) is 0 Å². The molecule has 0 rings (SSSR count). The minimum Gasteiger partial charge on any atom is -1.00 e. The van der Waals surface area contributed by atoms with Crippen molar-refractivity contribution in [1.82, 2.24) is 0 Å². The Labute approximate surface area is 168 Å². The maximum atomic E-state index is 3.97. The maximum Gasteiger partial charge on any atom is 1.00 e.